The molecule has 2 aliphatic carbocycles. The van der Waals surface area contributed by atoms with Gasteiger partial charge in [0.15, 0.2) is 33.0 Å². The van der Waals surface area contributed by atoms with Crippen LogP contribution in [0.4, 0.5) is 27.6 Å². The van der Waals surface area contributed by atoms with Crippen molar-refractivity contribution < 1.29 is 46.2 Å². The molecule has 3 aromatic rings. The van der Waals surface area contributed by atoms with E-state index in [4.69, 9.17) is 23.2 Å². The summed E-state index contributed by atoms with van der Waals surface area (Å²) in [5.74, 6) is -21.4. The van der Waals surface area contributed by atoms with Crippen LogP contribution >= 0.6 is 23.2 Å². The molecule has 2 saturated heterocycles. The molecule has 238 valence electrons. The van der Waals surface area contributed by atoms with Gasteiger partial charge in [-0.2, -0.15) is 0 Å². The van der Waals surface area contributed by atoms with Gasteiger partial charge in [0.05, 0.1) is 11.8 Å². The number of hydrogen-bond donors (Lipinski definition) is 1. The third kappa shape index (κ3) is 3.54. The van der Waals surface area contributed by atoms with E-state index in [1.54, 1.807) is 43.3 Å². The molecule has 7 nitrogen and oxygen atoms in total. The topological polar surface area (TPSA) is 95.0 Å². The minimum atomic E-state index is -2.71. The quantitative estimate of drug-likeness (QED) is 0.0941. The highest BCUT2D eigenvalue weighted by atomic mass is 35.5. The first-order valence-corrected chi connectivity index (χ1v) is 15.0. The number of halogens is 7. The van der Waals surface area contributed by atoms with Gasteiger partial charge in [-0.05, 0) is 31.1 Å². The second-order valence-corrected chi connectivity index (χ2v) is 13.1. The van der Waals surface area contributed by atoms with Crippen molar-refractivity contribution in [1.29, 1.82) is 0 Å². The third-order valence-electron chi connectivity index (χ3n) is 9.87. The first-order valence-electron chi connectivity index (χ1n) is 14.3. The number of imide groups is 2. The molecule has 0 bridgehead atoms. The van der Waals surface area contributed by atoms with Crippen LogP contribution in [0.15, 0.2) is 48.0 Å². The van der Waals surface area contributed by atoms with E-state index in [1.165, 1.54) is 6.07 Å². The number of allylic oxidation sites excluding steroid dienone is 2. The number of nitrogens with zero attached hydrogens (tertiary/aromatic N) is 2. The van der Waals surface area contributed by atoms with Gasteiger partial charge in [0.2, 0.25) is 17.6 Å². The number of hydrogen-bond acceptors (Lipinski definition) is 5. The average Bonchev–Trinajstić information content (AvgIpc) is 3.37. The van der Waals surface area contributed by atoms with Gasteiger partial charge in [-0.1, -0.05) is 48.0 Å². The van der Waals surface area contributed by atoms with Gasteiger partial charge in [-0.3, -0.25) is 24.1 Å². The number of benzene rings is 3. The highest BCUT2D eigenvalue weighted by molar-refractivity contribution is 6.58. The Hall–Kier alpha value is -4.03. The molecule has 3 aromatic carbocycles. The summed E-state index contributed by atoms with van der Waals surface area (Å²) >= 11 is 14.2. The van der Waals surface area contributed by atoms with Gasteiger partial charge in [0.1, 0.15) is 11.4 Å². The minimum absolute atomic E-state index is 0.0220. The summed E-state index contributed by atoms with van der Waals surface area (Å²) in [5, 5.41) is 12.4. The summed E-state index contributed by atoms with van der Waals surface area (Å²) < 4.78 is 73.0. The van der Waals surface area contributed by atoms with Crippen molar-refractivity contribution >= 4 is 63.3 Å². The number of carbonyl (C=O) groups is 4. The summed E-state index contributed by atoms with van der Waals surface area (Å²) in [6, 6.07) is 9.58. The Kier molecular flexibility index (Phi) is 6.64. The van der Waals surface area contributed by atoms with E-state index in [0.29, 0.717) is 10.8 Å². The van der Waals surface area contributed by atoms with Crippen LogP contribution in [0, 0.1) is 46.8 Å². The number of amides is 4. The lowest BCUT2D eigenvalue weighted by Gasteiger charge is -2.50. The van der Waals surface area contributed by atoms with Crippen molar-refractivity contribution in [2.24, 2.45) is 17.8 Å². The largest absolute Gasteiger partial charge is 0.507 e. The normalized spacial score (nSPS) is 30.6. The molecular weight excluding hydrogens is 658 g/mol. The molecular formula is C32H21Cl2F5N2O5. The molecule has 14 heteroatoms. The number of alkyl halides is 2. The first-order chi connectivity index (χ1) is 21.7. The molecule has 0 aromatic heterocycles. The second kappa shape index (κ2) is 9.98. The van der Waals surface area contributed by atoms with E-state index in [9.17, 15) is 37.5 Å². The molecule has 4 aliphatic rings. The number of phenols is 1. The fourth-order valence-corrected chi connectivity index (χ4v) is 8.72. The lowest BCUT2D eigenvalue weighted by Crippen LogP contribution is -2.60. The maximum Gasteiger partial charge on any atom is 0.258 e. The van der Waals surface area contributed by atoms with Gasteiger partial charge >= 0.3 is 0 Å². The second-order valence-electron chi connectivity index (χ2n) is 11.8. The number of phenolic OH excluding ortho intramolecular Hbond substituents is 1. The highest BCUT2D eigenvalue weighted by Gasteiger charge is 2.77. The van der Waals surface area contributed by atoms with Gasteiger partial charge in [-0.15, -0.1) is 23.2 Å². The monoisotopic (exact) mass is 678 g/mol. The number of carbonyl (C=O) groups excluding carboxylic acids is 4. The molecule has 7 rings (SSSR count). The van der Waals surface area contributed by atoms with E-state index in [2.05, 4.69) is 0 Å². The average molecular weight is 679 g/mol. The van der Waals surface area contributed by atoms with Crippen LogP contribution in [0.3, 0.4) is 0 Å². The summed E-state index contributed by atoms with van der Waals surface area (Å²) in [4.78, 5) is 50.7. The predicted octanol–water partition coefficient (Wildman–Crippen LogP) is 5.82. The first kappa shape index (κ1) is 30.6. The summed E-state index contributed by atoms with van der Waals surface area (Å²) in [7, 11) is 0. The molecule has 4 amide bonds. The standard InChI is InChI=1S/C32H21Cl2F5N2O5/c1-2-40-27(43)15-10-9-14-17(18(15)28(40)44)11-31(33)29(45)41(25-23(38)21(36)20(35)22(37)24(25)39)30(46)32(31,34)19(14)16-8-7-12-5-3-4-6-13(12)26(16)42/h3-9,15,17-19,42H,2,10-11H2,1H3. The van der Waals surface area contributed by atoms with Crippen molar-refractivity contribution in [1.82, 2.24) is 4.90 Å². The molecule has 2 aliphatic heterocycles. The van der Waals surface area contributed by atoms with E-state index in [1.807, 2.05) is 0 Å². The number of fused-ring (bicyclic) bond motifs is 5. The minimum Gasteiger partial charge on any atom is -0.507 e. The molecule has 2 heterocycles. The van der Waals surface area contributed by atoms with E-state index < -0.39 is 98.2 Å². The summed E-state index contributed by atoms with van der Waals surface area (Å²) in [6.07, 6.45) is 0.992. The zero-order chi connectivity index (χ0) is 33.2. The predicted molar refractivity (Wildman–Crippen MR) is 154 cm³/mol. The smallest absolute Gasteiger partial charge is 0.258 e. The Labute approximate surface area is 267 Å². The van der Waals surface area contributed by atoms with Crippen LogP contribution in [-0.4, -0.2) is 49.9 Å². The van der Waals surface area contributed by atoms with Gasteiger partial charge < -0.3 is 5.11 Å². The highest BCUT2D eigenvalue weighted by Crippen LogP contribution is 2.67. The van der Waals surface area contributed by atoms with E-state index >= 15 is 8.78 Å². The molecule has 6 unspecified atom stereocenters. The summed E-state index contributed by atoms with van der Waals surface area (Å²) in [6.45, 7) is 1.66. The zero-order valence-corrected chi connectivity index (χ0v) is 25.1. The van der Waals surface area contributed by atoms with Crippen LogP contribution in [0.25, 0.3) is 10.8 Å². The van der Waals surface area contributed by atoms with Crippen molar-refractivity contribution in [3.8, 4) is 5.75 Å². The molecule has 6 atom stereocenters. The molecule has 1 N–H and O–H groups in total. The third-order valence-corrected chi connectivity index (χ3v) is 11.3. The number of rotatable bonds is 3. The molecule has 46 heavy (non-hydrogen) atoms. The molecule has 0 radical (unpaired) electrons. The van der Waals surface area contributed by atoms with Gasteiger partial charge in [0.25, 0.3) is 11.8 Å². The number of likely N-dealkylation sites (tertiary alicyclic amines) is 1. The van der Waals surface area contributed by atoms with E-state index in [0.717, 1.165) is 4.90 Å². The van der Waals surface area contributed by atoms with Gasteiger partial charge in [0, 0.05) is 23.4 Å². The van der Waals surface area contributed by atoms with Crippen molar-refractivity contribution in [2.45, 2.75) is 35.4 Å². The fraction of sp³-hybridized carbons (Fsp3) is 0.312. The van der Waals surface area contributed by atoms with Crippen molar-refractivity contribution in [3.05, 3.63) is 82.7 Å². The lowest BCUT2D eigenvalue weighted by molar-refractivity contribution is -0.140. The fourth-order valence-electron chi connectivity index (χ4n) is 7.79. The molecule has 1 saturated carbocycles. The Balaban J connectivity index is 1.51. The number of aromatic hydroxyl groups is 1. The zero-order valence-electron chi connectivity index (χ0n) is 23.6. The maximum atomic E-state index is 15.1. The Morgan fingerprint density at radius 3 is 2.13 bits per heavy atom. The maximum absolute atomic E-state index is 15.1. The number of anilines is 1. The van der Waals surface area contributed by atoms with Gasteiger partial charge in [-0.25, -0.2) is 26.9 Å². The van der Waals surface area contributed by atoms with Crippen LogP contribution in [0.2, 0.25) is 0 Å². The van der Waals surface area contributed by atoms with E-state index in [-0.39, 0.29) is 34.8 Å². The SMILES string of the molecule is CCN1C(=O)C2CC=C3C(CC4(Cl)C(=O)N(c5c(F)c(F)c(F)c(F)c5F)C(=O)C4(Cl)C3c3ccc4ccccc4c3O)C2C1=O. The van der Waals surface area contributed by atoms with Crippen molar-refractivity contribution in [2.75, 3.05) is 11.4 Å². The van der Waals surface area contributed by atoms with Crippen LogP contribution in [-0.2, 0) is 19.2 Å². The van der Waals surface area contributed by atoms with Crippen molar-refractivity contribution in [3.63, 3.8) is 0 Å². The molecule has 3 fully saturated rings. The molecule has 0 spiro atoms. The van der Waals surface area contributed by atoms with Crippen LogP contribution in [0.5, 0.6) is 5.75 Å². The summed E-state index contributed by atoms with van der Waals surface area (Å²) in [5.41, 5.74) is -1.64. The Bertz CT molecular complexity index is 1960. The Morgan fingerprint density at radius 1 is 0.848 bits per heavy atom. The van der Waals surface area contributed by atoms with Crippen LogP contribution in [0.1, 0.15) is 31.2 Å². The lowest BCUT2D eigenvalue weighted by atomic mass is 9.56. The van der Waals surface area contributed by atoms with Crippen LogP contribution < -0.4 is 4.90 Å². The Morgan fingerprint density at radius 2 is 1.48 bits per heavy atom.